The maximum absolute atomic E-state index is 12.9. The Kier molecular flexibility index (Phi) is 7.65. The Hall–Kier alpha value is -3.29. The number of anilines is 3. The van der Waals surface area contributed by atoms with E-state index in [1.165, 1.54) is 0 Å². The van der Waals surface area contributed by atoms with Gasteiger partial charge in [0.1, 0.15) is 6.10 Å². The summed E-state index contributed by atoms with van der Waals surface area (Å²) in [4.78, 5) is 17.0. The molecule has 1 aliphatic heterocycles. The topological polar surface area (TPSA) is 101 Å². The van der Waals surface area contributed by atoms with Crippen LogP contribution in [-0.2, 0) is 11.3 Å². The molecule has 7 nitrogen and oxygen atoms in total. The van der Waals surface area contributed by atoms with Gasteiger partial charge in [-0.2, -0.15) is 0 Å². The first-order valence-corrected chi connectivity index (χ1v) is 11.4. The number of hydrogen-bond acceptors (Lipinski definition) is 6. The molecule has 3 aromatic rings. The summed E-state index contributed by atoms with van der Waals surface area (Å²) in [7, 11) is 0. The van der Waals surface area contributed by atoms with Crippen molar-refractivity contribution in [1.82, 2.24) is 10.3 Å². The van der Waals surface area contributed by atoms with Crippen molar-refractivity contribution in [2.24, 2.45) is 5.92 Å². The summed E-state index contributed by atoms with van der Waals surface area (Å²) in [5.41, 5.74) is 9.90. The largest absolute Gasteiger partial charge is 0.441 e. The Morgan fingerprint density at radius 1 is 1.09 bits per heavy atom. The second-order valence-corrected chi connectivity index (χ2v) is 8.54. The molecular weight excluding hydrogens is 438 g/mol. The van der Waals surface area contributed by atoms with Crippen molar-refractivity contribution in [2.45, 2.75) is 25.5 Å². The van der Waals surface area contributed by atoms with Crippen LogP contribution in [0, 0.1) is 5.92 Å². The molecule has 8 heteroatoms. The molecule has 5 N–H and O–H groups in total. The number of carbonyl (C=O) groups excluding carboxylic acids is 1. The van der Waals surface area contributed by atoms with Gasteiger partial charge in [-0.3, -0.25) is 10.3 Å². The molecule has 1 atom stereocenters. The van der Waals surface area contributed by atoms with Gasteiger partial charge in [0.15, 0.2) is 0 Å². The molecule has 0 spiro atoms. The molecule has 0 aliphatic carbocycles. The van der Waals surface area contributed by atoms with Crippen LogP contribution in [0.2, 0.25) is 5.02 Å². The Bertz CT molecular complexity index is 1060. The van der Waals surface area contributed by atoms with E-state index in [2.05, 4.69) is 20.9 Å². The minimum Gasteiger partial charge on any atom is -0.441 e. The van der Waals surface area contributed by atoms with Gasteiger partial charge < -0.3 is 21.1 Å². The van der Waals surface area contributed by atoms with Crippen molar-refractivity contribution in [2.75, 3.05) is 29.5 Å². The molecule has 1 saturated heterocycles. The Morgan fingerprint density at radius 2 is 1.82 bits per heavy atom. The SMILES string of the molecule is Nc1ccc(NC(=O)OC(c2ccncc2)C2CCNCC2)c(NCc2ccc(Cl)cc2)c1. The summed E-state index contributed by atoms with van der Waals surface area (Å²) in [5, 5.41) is 10.3. The first-order valence-electron chi connectivity index (χ1n) is 11.0. The zero-order chi connectivity index (χ0) is 23.0. The number of nitrogen functional groups attached to an aromatic ring is 1. The molecule has 2 aromatic carbocycles. The molecule has 4 rings (SSSR count). The molecule has 33 heavy (non-hydrogen) atoms. The molecular formula is C25H28ClN5O2. The van der Waals surface area contributed by atoms with Crippen LogP contribution in [0.5, 0.6) is 0 Å². The van der Waals surface area contributed by atoms with E-state index in [0.29, 0.717) is 28.6 Å². The normalized spacial score (nSPS) is 14.9. The van der Waals surface area contributed by atoms with E-state index in [9.17, 15) is 4.79 Å². The number of ether oxygens (including phenoxy) is 1. The fourth-order valence-electron chi connectivity index (χ4n) is 4.01. The van der Waals surface area contributed by atoms with Crippen molar-refractivity contribution < 1.29 is 9.53 Å². The lowest BCUT2D eigenvalue weighted by atomic mass is 9.88. The summed E-state index contributed by atoms with van der Waals surface area (Å²) >= 11 is 5.97. The van der Waals surface area contributed by atoms with Crippen LogP contribution < -0.4 is 21.7 Å². The minimum atomic E-state index is -0.505. The second kappa shape index (κ2) is 11.0. The zero-order valence-corrected chi connectivity index (χ0v) is 19.0. The number of piperidine rings is 1. The number of nitrogens with one attached hydrogen (secondary N) is 3. The number of aromatic nitrogens is 1. The standard InChI is InChI=1S/C25H28ClN5O2/c26-20-3-1-17(2-4-20)16-30-23-15-21(27)5-6-22(23)31-25(32)33-24(18-7-11-28-12-8-18)19-9-13-29-14-10-19/h1-8,11-12,15,19,24,29-30H,9-10,13-14,16,27H2,(H,31,32). The van der Waals surface area contributed by atoms with E-state index in [1.807, 2.05) is 36.4 Å². The van der Waals surface area contributed by atoms with E-state index in [4.69, 9.17) is 22.1 Å². The predicted molar refractivity (Wildman–Crippen MR) is 132 cm³/mol. The maximum atomic E-state index is 12.9. The number of amides is 1. The number of halogens is 1. The van der Waals surface area contributed by atoms with E-state index >= 15 is 0 Å². The summed E-state index contributed by atoms with van der Waals surface area (Å²) in [6.07, 6.45) is 4.49. The van der Waals surface area contributed by atoms with Crippen LogP contribution in [0.4, 0.5) is 21.9 Å². The Labute approximate surface area is 198 Å². The van der Waals surface area contributed by atoms with Gasteiger partial charge in [-0.1, -0.05) is 23.7 Å². The number of carbonyl (C=O) groups is 1. The molecule has 2 heterocycles. The third-order valence-corrected chi connectivity index (χ3v) is 6.01. The van der Waals surface area contributed by atoms with Crippen LogP contribution in [0.15, 0.2) is 67.0 Å². The highest BCUT2D eigenvalue weighted by molar-refractivity contribution is 6.30. The van der Waals surface area contributed by atoms with Crippen molar-refractivity contribution in [3.05, 3.63) is 83.1 Å². The highest BCUT2D eigenvalue weighted by atomic mass is 35.5. The minimum absolute atomic E-state index is 0.244. The number of nitrogens with two attached hydrogens (primary N) is 1. The number of nitrogens with zero attached hydrogens (tertiary/aromatic N) is 1. The van der Waals surface area contributed by atoms with Gasteiger partial charge in [-0.15, -0.1) is 0 Å². The van der Waals surface area contributed by atoms with Crippen LogP contribution in [0.1, 0.15) is 30.1 Å². The highest BCUT2D eigenvalue weighted by Gasteiger charge is 2.28. The van der Waals surface area contributed by atoms with Gasteiger partial charge >= 0.3 is 6.09 Å². The van der Waals surface area contributed by atoms with E-state index in [0.717, 1.165) is 37.1 Å². The van der Waals surface area contributed by atoms with Crippen LogP contribution in [0.25, 0.3) is 0 Å². The summed E-state index contributed by atoms with van der Waals surface area (Å²) in [6.45, 7) is 2.38. The predicted octanol–water partition coefficient (Wildman–Crippen LogP) is 5.22. The van der Waals surface area contributed by atoms with Gasteiger partial charge in [0.2, 0.25) is 0 Å². The quantitative estimate of drug-likeness (QED) is 0.357. The highest BCUT2D eigenvalue weighted by Crippen LogP contribution is 2.33. The average Bonchev–Trinajstić information content (AvgIpc) is 2.85. The molecule has 0 radical (unpaired) electrons. The maximum Gasteiger partial charge on any atom is 0.412 e. The van der Waals surface area contributed by atoms with E-state index in [-0.39, 0.29) is 12.0 Å². The van der Waals surface area contributed by atoms with Gasteiger partial charge in [-0.25, -0.2) is 4.79 Å². The zero-order valence-electron chi connectivity index (χ0n) is 18.3. The van der Waals surface area contributed by atoms with E-state index in [1.54, 1.807) is 30.6 Å². The van der Waals surface area contributed by atoms with Gasteiger partial charge in [0.25, 0.3) is 0 Å². The van der Waals surface area contributed by atoms with Crippen LogP contribution >= 0.6 is 11.6 Å². The number of pyridine rings is 1. The fourth-order valence-corrected chi connectivity index (χ4v) is 4.13. The lowest BCUT2D eigenvalue weighted by molar-refractivity contribution is 0.0591. The smallest absolute Gasteiger partial charge is 0.412 e. The molecule has 172 valence electrons. The summed E-state index contributed by atoms with van der Waals surface area (Å²) < 4.78 is 5.96. The van der Waals surface area contributed by atoms with E-state index < -0.39 is 6.09 Å². The molecule has 1 amide bonds. The van der Waals surface area contributed by atoms with Gasteiger partial charge in [0.05, 0.1) is 11.4 Å². The van der Waals surface area contributed by atoms with Crippen LogP contribution in [0.3, 0.4) is 0 Å². The Balaban J connectivity index is 1.46. The van der Waals surface area contributed by atoms with Crippen LogP contribution in [-0.4, -0.2) is 24.2 Å². The molecule has 1 fully saturated rings. The first-order chi connectivity index (χ1) is 16.1. The van der Waals surface area contributed by atoms with Crippen molar-refractivity contribution in [3.8, 4) is 0 Å². The fraction of sp³-hybridized carbons (Fsp3) is 0.280. The third-order valence-electron chi connectivity index (χ3n) is 5.76. The lowest BCUT2D eigenvalue weighted by Crippen LogP contribution is -2.33. The monoisotopic (exact) mass is 465 g/mol. The summed E-state index contributed by atoms with van der Waals surface area (Å²) in [5.74, 6) is 0.244. The van der Waals surface area contributed by atoms with Gasteiger partial charge in [-0.05, 0) is 79.5 Å². The van der Waals surface area contributed by atoms with Crippen molar-refractivity contribution >= 4 is 34.8 Å². The first kappa shape index (κ1) is 22.9. The third kappa shape index (κ3) is 6.37. The molecule has 1 aromatic heterocycles. The average molecular weight is 466 g/mol. The molecule has 1 unspecified atom stereocenters. The number of rotatable bonds is 7. The number of hydrogen-bond donors (Lipinski definition) is 4. The lowest BCUT2D eigenvalue weighted by Gasteiger charge is -2.30. The molecule has 0 bridgehead atoms. The van der Waals surface area contributed by atoms with Crippen molar-refractivity contribution in [1.29, 1.82) is 0 Å². The number of benzene rings is 2. The molecule has 1 aliphatic rings. The second-order valence-electron chi connectivity index (χ2n) is 8.10. The summed E-state index contributed by atoms with van der Waals surface area (Å²) in [6, 6.07) is 16.7. The Morgan fingerprint density at radius 3 is 2.55 bits per heavy atom. The van der Waals surface area contributed by atoms with Gasteiger partial charge in [0, 0.05) is 35.6 Å². The molecule has 0 saturated carbocycles. The van der Waals surface area contributed by atoms with Crippen molar-refractivity contribution in [3.63, 3.8) is 0 Å².